The summed E-state index contributed by atoms with van der Waals surface area (Å²) in [4.78, 5) is 28.9. The van der Waals surface area contributed by atoms with Gasteiger partial charge in [-0.25, -0.2) is 13.2 Å². The van der Waals surface area contributed by atoms with Crippen molar-refractivity contribution in [2.45, 2.75) is 62.5 Å². The van der Waals surface area contributed by atoms with Gasteiger partial charge in [0.1, 0.15) is 9.96 Å². The van der Waals surface area contributed by atoms with Crippen molar-refractivity contribution in [3.8, 4) is 17.2 Å². The minimum absolute atomic E-state index is 0.0829. The maximum atomic E-state index is 14.4. The first kappa shape index (κ1) is 36.4. The number of hydrogen-bond donors (Lipinski definition) is 3. The Bertz CT molecular complexity index is 1700. The number of nitrogens with one attached hydrogen (secondary N) is 2. The van der Waals surface area contributed by atoms with Crippen molar-refractivity contribution in [2.75, 3.05) is 50.8 Å². The highest BCUT2D eigenvalue weighted by Gasteiger charge is 2.32. The number of hydrogen-bond acceptors (Lipinski definition) is 10. The van der Waals surface area contributed by atoms with E-state index in [9.17, 15) is 23.1 Å². The van der Waals surface area contributed by atoms with Crippen LogP contribution in [-0.2, 0) is 14.8 Å². The van der Waals surface area contributed by atoms with Crippen LogP contribution in [0.3, 0.4) is 0 Å². The second-order valence-electron chi connectivity index (χ2n) is 12.4. The molecule has 1 aromatic heterocycles. The summed E-state index contributed by atoms with van der Waals surface area (Å²) in [6.45, 7) is 6.04. The van der Waals surface area contributed by atoms with Crippen molar-refractivity contribution in [1.82, 2.24) is 9.21 Å². The summed E-state index contributed by atoms with van der Waals surface area (Å²) in [5, 5.41) is 17.5. The third-order valence-corrected chi connectivity index (χ3v) is 11.7. The van der Waals surface area contributed by atoms with E-state index in [1.807, 2.05) is 13.8 Å². The van der Waals surface area contributed by atoms with E-state index in [1.54, 1.807) is 65.7 Å². The molecule has 3 aromatic rings. The van der Waals surface area contributed by atoms with Crippen LogP contribution in [0.5, 0.6) is 17.2 Å². The zero-order valence-corrected chi connectivity index (χ0v) is 29.7. The number of urea groups is 1. The van der Waals surface area contributed by atoms with Gasteiger partial charge in [0.25, 0.3) is 15.9 Å². The Morgan fingerprint density at radius 2 is 1.78 bits per heavy atom. The fourth-order valence-electron chi connectivity index (χ4n) is 5.65. The van der Waals surface area contributed by atoms with Crippen LogP contribution in [0.4, 0.5) is 16.2 Å². The number of carbonyl (C=O) groups excluding carboxylic acids is 2. The molecule has 4 atom stereocenters. The Kier molecular flexibility index (Phi) is 12.0. The first-order chi connectivity index (χ1) is 23.5. The Morgan fingerprint density at radius 3 is 2.49 bits per heavy atom. The fraction of sp³-hybridized carbons (Fsp3) is 0.471. The first-order valence-electron chi connectivity index (χ1n) is 16.3. The summed E-state index contributed by atoms with van der Waals surface area (Å²) < 4.78 is 51.4. The van der Waals surface area contributed by atoms with Crippen LogP contribution in [0.2, 0.25) is 0 Å². The highest BCUT2D eigenvalue weighted by atomic mass is 32.2. The van der Waals surface area contributed by atoms with E-state index < -0.39 is 34.1 Å². The molecule has 3 amide bonds. The van der Waals surface area contributed by atoms with Gasteiger partial charge in [-0.15, -0.1) is 11.3 Å². The lowest BCUT2D eigenvalue weighted by atomic mass is 10.0. The molecule has 0 radical (unpaired) electrons. The van der Waals surface area contributed by atoms with Gasteiger partial charge in [-0.2, -0.15) is 4.31 Å². The number of anilines is 2. The van der Waals surface area contributed by atoms with Crippen LogP contribution in [0.1, 0.15) is 50.4 Å². The average Bonchev–Trinajstić information content (AvgIpc) is 3.79. The van der Waals surface area contributed by atoms with Crippen LogP contribution in [-0.4, -0.2) is 93.1 Å². The number of rotatable bonds is 8. The third-order valence-electron chi connectivity index (χ3n) is 8.54. The minimum atomic E-state index is -3.73. The SMILES string of the molecule is C[C@@H]1CCCCO[C@H](CN(C)S(=O)(=O)c2cccs2)[C@H](C)CN([C@@H](C)CO)C(=O)c2cc(NC(=O)Nc3ccc4c(c3)OCO4)ccc2O1. The first-order valence-corrected chi connectivity index (χ1v) is 18.6. The monoisotopic (exact) mass is 716 g/mol. The summed E-state index contributed by atoms with van der Waals surface area (Å²) in [6.07, 6.45) is 1.45. The number of nitrogens with zero attached hydrogens (tertiary/aromatic N) is 2. The van der Waals surface area contributed by atoms with E-state index >= 15 is 0 Å². The van der Waals surface area contributed by atoms with Gasteiger partial charge in [0.05, 0.1) is 30.4 Å². The van der Waals surface area contributed by atoms with Gasteiger partial charge < -0.3 is 39.6 Å². The third kappa shape index (κ3) is 9.02. The van der Waals surface area contributed by atoms with Gasteiger partial charge in [0, 0.05) is 50.1 Å². The van der Waals surface area contributed by atoms with Crippen molar-refractivity contribution in [2.24, 2.45) is 5.92 Å². The molecule has 5 rings (SSSR count). The van der Waals surface area contributed by atoms with Crippen molar-refractivity contribution in [3.05, 3.63) is 59.5 Å². The van der Waals surface area contributed by atoms with E-state index in [4.69, 9.17) is 18.9 Å². The quantitative estimate of drug-likeness (QED) is 0.284. The van der Waals surface area contributed by atoms with Gasteiger partial charge in [-0.3, -0.25) is 4.79 Å². The van der Waals surface area contributed by atoms with Crippen molar-refractivity contribution < 1.29 is 42.1 Å². The number of benzene rings is 2. The molecule has 2 aliphatic rings. The Labute approximate surface area is 291 Å². The Balaban J connectivity index is 1.39. The smallest absolute Gasteiger partial charge is 0.323 e. The maximum Gasteiger partial charge on any atom is 0.323 e. The molecule has 3 N–H and O–H groups in total. The minimum Gasteiger partial charge on any atom is -0.490 e. The van der Waals surface area contributed by atoms with Gasteiger partial charge in [0.15, 0.2) is 11.5 Å². The summed E-state index contributed by atoms with van der Waals surface area (Å²) in [6, 6.07) is 12.1. The standard InChI is InChI=1S/C34H44N4O9S2/c1-22-18-38(23(2)20-39)33(40)27-16-25(35-34(41)36-26-11-13-29-30(17-26)46-21-45-29)10-12-28(27)47-24(3)8-5-6-14-44-31(22)19-37(4)49(42,43)32-9-7-15-48-32/h7,9-13,15-17,22-24,31,39H,5-6,8,14,18-21H2,1-4H3,(H2,35,36,41)/t22-,23+,24-,31-/m1/s1. The summed E-state index contributed by atoms with van der Waals surface area (Å²) in [5.74, 6) is 0.740. The number of likely N-dealkylation sites (N-methyl/N-ethyl adjacent to an activating group) is 1. The molecule has 266 valence electrons. The lowest BCUT2D eigenvalue weighted by molar-refractivity contribution is -0.00832. The van der Waals surface area contributed by atoms with E-state index in [0.29, 0.717) is 41.7 Å². The molecule has 0 saturated heterocycles. The molecule has 2 aliphatic heterocycles. The van der Waals surface area contributed by atoms with E-state index in [-0.39, 0.29) is 48.3 Å². The Morgan fingerprint density at radius 1 is 1.06 bits per heavy atom. The van der Waals surface area contributed by atoms with Crippen LogP contribution in [0.15, 0.2) is 58.1 Å². The molecule has 13 nitrogen and oxygen atoms in total. The molecule has 0 saturated carbocycles. The molecule has 0 spiro atoms. The predicted octanol–water partition coefficient (Wildman–Crippen LogP) is 5.24. The number of thiophene rings is 1. The van der Waals surface area contributed by atoms with Gasteiger partial charge in [-0.05, 0) is 74.9 Å². The number of fused-ring (bicyclic) bond motifs is 2. The van der Waals surface area contributed by atoms with E-state index in [2.05, 4.69) is 10.6 Å². The molecule has 0 unspecified atom stereocenters. The van der Waals surface area contributed by atoms with Crippen LogP contribution >= 0.6 is 11.3 Å². The van der Waals surface area contributed by atoms with Crippen molar-refractivity contribution in [3.63, 3.8) is 0 Å². The highest BCUT2D eigenvalue weighted by molar-refractivity contribution is 7.91. The maximum absolute atomic E-state index is 14.4. The lowest BCUT2D eigenvalue weighted by Gasteiger charge is -2.35. The zero-order chi connectivity index (χ0) is 35.1. The van der Waals surface area contributed by atoms with Gasteiger partial charge >= 0.3 is 6.03 Å². The molecule has 49 heavy (non-hydrogen) atoms. The van der Waals surface area contributed by atoms with Gasteiger partial charge in [-0.1, -0.05) is 13.0 Å². The number of aliphatic hydroxyl groups excluding tert-OH is 1. The number of aliphatic hydroxyl groups is 1. The summed E-state index contributed by atoms with van der Waals surface area (Å²) in [5.41, 5.74) is 1.07. The topological polar surface area (TPSA) is 156 Å². The van der Waals surface area contributed by atoms with Crippen LogP contribution in [0.25, 0.3) is 0 Å². The second kappa shape index (κ2) is 16.2. The largest absolute Gasteiger partial charge is 0.490 e. The van der Waals surface area contributed by atoms with E-state index in [0.717, 1.165) is 24.2 Å². The molecule has 0 bridgehead atoms. The molecule has 0 aliphatic carbocycles. The molecular formula is C34H44N4O9S2. The zero-order valence-electron chi connectivity index (χ0n) is 28.1. The van der Waals surface area contributed by atoms with Crippen molar-refractivity contribution in [1.29, 1.82) is 0 Å². The van der Waals surface area contributed by atoms with Crippen molar-refractivity contribution >= 4 is 44.7 Å². The molecule has 3 heterocycles. The fourth-order valence-corrected chi connectivity index (χ4v) is 8.03. The predicted molar refractivity (Wildman–Crippen MR) is 186 cm³/mol. The second-order valence-corrected chi connectivity index (χ2v) is 15.6. The molecule has 2 aromatic carbocycles. The Hall–Kier alpha value is -3.89. The molecule has 0 fully saturated rings. The number of sulfonamides is 1. The van der Waals surface area contributed by atoms with Crippen LogP contribution < -0.4 is 24.8 Å². The number of carbonyl (C=O) groups is 2. The number of amides is 3. The molecular weight excluding hydrogens is 673 g/mol. The average molecular weight is 717 g/mol. The highest BCUT2D eigenvalue weighted by Crippen LogP contribution is 2.34. The van der Waals surface area contributed by atoms with E-state index in [1.165, 1.54) is 11.4 Å². The number of ether oxygens (including phenoxy) is 4. The summed E-state index contributed by atoms with van der Waals surface area (Å²) >= 11 is 1.15. The summed E-state index contributed by atoms with van der Waals surface area (Å²) in [7, 11) is -2.20. The van der Waals surface area contributed by atoms with Gasteiger partial charge in [0.2, 0.25) is 6.79 Å². The molecule has 15 heteroatoms. The van der Waals surface area contributed by atoms with Crippen LogP contribution in [0, 0.1) is 5.92 Å². The normalized spacial score (nSPS) is 21.0. The lowest BCUT2D eigenvalue weighted by Crippen LogP contribution is -2.48.